The van der Waals surface area contributed by atoms with Gasteiger partial charge in [0.2, 0.25) is 0 Å². The summed E-state index contributed by atoms with van der Waals surface area (Å²) in [6.07, 6.45) is 0.840. The summed E-state index contributed by atoms with van der Waals surface area (Å²) in [4.78, 5) is 14.4. The van der Waals surface area contributed by atoms with Crippen molar-refractivity contribution in [3.63, 3.8) is 0 Å². The Morgan fingerprint density at radius 2 is 1.85 bits per heavy atom. The number of amides is 1. The van der Waals surface area contributed by atoms with Crippen LogP contribution in [0.1, 0.15) is 23.7 Å². The number of hydrogen-bond donors (Lipinski definition) is 1. The maximum absolute atomic E-state index is 12.6. The Kier molecular flexibility index (Phi) is 6.54. The molecular weight excluding hydrogens is 344 g/mol. The van der Waals surface area contributed by atoms with E-state index in [2.05, 4.69) is 0 Å². The zero-order valence-corrected chi connectivity index (χ0v) is 15.6. The lowest BCUT2D eigenvalue weighted by atomic mass is 10.1. The SMILES string of the molecule is CCOc1cc(C(=O)N2CC[C@@H](N)C2)ccc1OCCOc1ccccc1. The summed E-state index contributed by atoms with van der Waals surface area (Å²) in [5.41, 5.74) is 6.49. The predicted octanol–water partition coefficient (Wildman–Crippen LogP) is 2.72. The van der Waals surface area contributed by atoms with Gasteiger partial charge in [-0.25, -0.2) is 0 Å². The number of carbonyl (C=O) groups is 1. The minimum absolute atomic E-state index is 0.0251. The average Bonchev–Trinajstić information content (AvgIpc) is 3.13. The van der Waals surface area contributed by atoms with Crippen LogP contribution < -0.4 is 19.9 Å². The highest BCUT2D eigenvalue weighted by molar-refractivity contribution is 5.95. The molecule has 0 saturated carbocycles. The Labute approximate surface area is 159 Å². The largest absolute Gasteiger partial charge is 0.490 e. The second kappa shape index (κ2) is 9.28. The van der Waals surface area contributed by atoms with E-state index in [1.165, 1.54) is 0 Å². The molecule has 2 N–H and O–H groups in total. The van der Waals surface area contributed by atoms with E-state index in [1.54, 1.807) is 23.1 Å². The van der Waals surface area contributed by atoms with Crippen LogP contribution in [-0.2, 0) is 0 Å². The molecule has 0 unspecified atom stereocenters. The van der Waals surface area contributed by atoms with E-state index < -0.39 is 0 Å². The molecule has 6 heteroatoms. The zero-order chi connectivity index (χ0) is 19.1. The fourth-order valence-corrected chi connectivity index (χ4v) is 3.01. The van der Waals surface area contributed by atoms with Crippen molar-refractivity contribution in [1.29, 1.82) is 0 Å². The summed E-state index contributed by atoms with van der Waals surface area (Å²) >= 11 is 0. The van der Waals surface area contributed by atoms with Gasteiger partial charge in [0, 0.05) is 24.7 Å². The molecule has 3 rings (SSSR count). The highest BCUT2D eigenvalue weighted by atomic mass is 16.5. The molecule has 1 fully saturated rings. The standard InChI is InChI=1S/C21H26N2O4/c1-2-25-20-14-16(21(24)23-11-10-17(22)15-23)8-9-19(20)27-13-12-26-18-6-4-3-5-7-18/h3-9,14,17H,2,10-13,15,22H2,1H3/t17-/m1/s1. The molecule has 27 heavy (non-hydrogen) atoms. The third-order valence-electron chi connectivity index (χ3n) is 4.36. The highest BCUT2D eigenvalue weighted by Gasteiger charge is 2.25. The van der Waals surface area contributed by atoms with Gasteiger partial charge >= 0.3 is 0 Å². The molecule has 0 aliphatic carbocycles. The van der Waals surface area contributed by atoms with Gasteiger partial charge in [0.15, 0.2) is 11.5 Å². The summed E-state index contributed by atoms with van der Waals surface area (Å²) in [5, 5.41) is 0. The molecule has 1 heterocycles. The highest BCUT2D eigenvalue weighted by Crippen LogP contribution is 2.29. The number of para-hydroxylation sites is 1. The van der Waals surface area contributed by atoms with Crippen molar-refractivity contribution < 1.29 is 19.0 Å². The minimum Gasteiger partial charge on any atom is -0.490 e. The topological polar surface area (TPSA) is 74.0 Å². The van der Waals surface area contributed by atoms with E-state index in [-0.39, 0.29) is 11.9 Å². The Morgan fingerprint density at radius 3 is 2.56 bits per heavy atom. The van der Waals surface area contributed by atoms with E-state index in [1.807, 2.05) is 37.3 Å². The molecule has 1 amide bonds. The Hall–Kier alpha value is -2.73. The van der Waals surface area contributed by atoms with Crippen LogP contribution in [0.5, 0.6) is 17.2 Å². The summed E-state index contributed by atoms with van der Waals surface area (Å²) in [6.45, 7) is 4.47. The van der Waals surface area contributed by atoms with E-state index in [4.69, 9.17) is 19.9 Å². The first kappa shape index (κ1) is 19.0. The summed E-state index contributed by atoms with van der Waals surface area (Å²) < 4.78 is 17.1. The van der Waals surface area contributed by atoms with Crippen LogP contribution in [0.2, 0.25) is 0 Å². The van der Waals surface area contributed by atoms with Crippen molar-refractivity contribution in [2.45, 2.75) is 19.4 Å². The van der Waals surface area contributed by atoms with Crippen LogP contribution in [0.25, 0.3) is 0 Å². The summed E-state index contributed by atoms with van der Waals surface area (Å²) in [6, 6.07) is 14.9. The molecular formula is C21H26N2O4. The van der Waals surface area contributed by atoms with Gasteiger partial charge < -0.3 is 24.8 Å². The maximum atomic E-state index is 12.6. The molecule has 0 radical (unpaired) electrons. The number of benzene rings is 2. The summed E-state index contributed by atoms with van der Waals surface area (Å²) in [7, 11) is 0. The lowest BCUT2D eigenvalue weighted by Gasteiger charge is -2.18. The van der Waals surface area contributed by atoms with Crippen molar-refractivity contribution in [2.24, 2.45) is 5.73 Å². The Morgan fingerprint density at radius 1 is 1.07 bits per heavy atom. The first-order chi connectivity index (χ1) is 13.2. The van der Waals surface area contributed by atoms with Gasteiger partial charge in [-0.3, -0.25) is 4.79 Å². The fourth-order valence-electron chi connectivity index (χ4n) is 3.01. The van der Waals surface area contributed by atoms with E-state index >= 15 is 0 Å². The lowest BCUT2D eigenvalue weighted by Crippen LogP contribution is -2.31. The second-order valence-electron chi connectivity index (χ2n) is 6.40. The van der Waals surface area contributed by atoms with Gasteiger partial charge in [-0.1, -0.05) is 18.2 Å². The number of nitrogens with two attached hydrogens (primary N) is 1. The third kappa shape index (κ3) is 5.14. The smallest absolute Gasteiger partial charge is 0.254 e. The van der Waals surface area contributed by atoms with Gasteiger partial charge in [-0.2, -0.15) is 0 Å². The molecule has 6 nitrogen and oxygen atoms in total. The van der Waals surface area contributed by atoms with Gasteiger partial charge in [-0.05, 0) is 43.7 Å². The number of ether oxygens (including phenoxy) is 3. The molecule has 1 saturated heterocycles. The number of carbonyl (C=O) groups excluding carboxylic acids is 1. The summed E-state index contributed by atoms with van der Waals surface area (Å²) in [5.74, 6) is 1.94. The molecule has 144 valence electrons. The van der Waals surface area contributed by atoms with Crippen LogP contribution in [0, 0.1) is 0 Å². The predicted molar refractivity (Wildman–Crippen MR) is 104 cm³/mol. The Bertz CT molecular complexity index is 751. The molecule has 2 aromatic rings. The molecule has 0 spiro atoms. The van der Waals surface area contributed by atoms with E-state index in [9.17, 15) is 4.79 Å². The Balaban J connectivity index is 1.60. The van der Waals surface area contributed by atoms with Gasteiger partial charge in [0.25, 0.3) is 5.91 Å². The normalized spacial score (nSPS) is 16.2. The first-order valence-corrected chi connectivity index (χ1v) is 9.29. The van der Waals surface area contributed by atoms with Gasteiger partial charge in [-0.15, -0.1) is 0 Å². The van der Waals surface area contributed by atoms with Crippen LogP contribution in [0.4, 0.5) is 0 Å². The molecule has 2 aromatic carbocycles. The van der Waals surface area contributed by atoms with Crippen molar-refractivity contribution >= 4 is 5.91 Å². The van der Waals surface area contributed by atoms with Gasteiger partial charge in [0.05, 0.1) is 6.61 Å². The number of hydrogen-bond acceptors (Lipinski definition) is 5. The van der Waals surface area contributed by atoms with Crippen molar-refractivity contribution in [2.75, 3.05) is 32.9 Å². The third-order valence-corrected chi connectivity index (χ3v) is 4.36. The van der Waals surface area contributed by atoms with Crippen molar-refractivity contribution in [3.05, 3.63) is 54.1 Å². The van der Waals surface area contributed by atoms with Crippen molar-refractivity contribution in [1.82, 2.24) is 4.90 Å². The number of likely N-dealkylation sites (tertiary alicyclic amines) is 1. The van der Waals surface area contributed by atoms with Gasteiger partial charge in [0.1, 0.15) is 19.0 Å². The molecule has 0 bridgehead atoms. The molecule has 1 atom stereocenters. The van der Waals surface area contributed by atoms with Crippen LogP contribution >= 0.6 is 0 Å². The number of rotatable bonds is 8. The first-order valence-electron chi connectivity index (χ1n) is 9.29. The monoisotopic (exact) mass is 370 g/mol. The second-order valence-corrected chi connectivity index (χ2v) is 6.40. The number of nitrogens with zero attached hydrogens (tertiary/aromatic N) is 1. The van der Waals surface area contributed by atoms with E-state index in [0.717, 1.165) is 12.2 Å². The molecule has 0 aromatic heterocycles. The maximum Gasteiger partial charge on any atom is 0.254 e. The molecule has 1 aliphatic rings. The lowest BCUT2D eigenvalue weighted by molar-refractivity contribution is 0.0790. The van der Waals surface area contributed by atoms with Crippen molar-refractivity contribution in [3.8, 4) is 17.2 Å². The fraction of sp³-hybridized carbons (Fsp3) is 0.381. The van der Waals surface area contributed by atoms with Crippen LogP contribution in [0.15, 0.2) is 48.5 Å². The molecule has 1 aliphatic heterocycles. The van der Waals surface area contributed by atoms with E-state index in [0.29, 0.717) is 50.0 Å². The minimum atomic E-state index is -0.0251. The van der Waals surface area contributed by atoms with Crippen LogP contribution in [0.3, 0.4) is 0 Å². The quantitative estimate of drug-likeness (QED) is 0.723. The average molecular weight is 370 g/mol. The van der Waals surface area contributed by atoms with Crippen LogP contribution in [-0.4, -0.2) is 49.8 Å². The zero-order valence-electron chi connectivity index (χ0n) is 15.6.